The lowest BCUT2D eigenvalue weighted by molar-refractivity contribution is 0.284. The van der Waals surface area contributed by atoms with Crippen LogP contribution in [0.4, 0.5) is 5.82 Å². The third kappa shape index (κ3) is 4.13. The van der Waals surface area contributed by atoms with Crippen LogP contribution in [0, 0.1) is 12.3 Å². The van der Waals surface area contributed by atoms with Crippen LogP contribution in [-0.2, 0) is 11.8 Å². The molecular weight excluding hydrogens is 364 g/mol. The second-order valence-corrected chi connectivity index (χ2v) is 9.67. The van der Waals surface area contributed by atoms with Crippen molar-refractivity contribution in [2.24, 2.45) is 5.41 Å². The van der Waals surface area contributed by atoms with Crippen LogP contribution in [0.1, 0.15) is 70.0 Å². The standard InChI is InChI=1S/C22H28N6O/c1-13-25-19(29-28-13)14-7-8-18(23-11-14)26-16-9-22(5,6)10-17-15(16)12-24-20(27-17)21(2,3)4/h7-8,11-12,16H,9-10H2,1-6H3,(H,23,26)/t16-/m0/s1. The zero-order chi connectivity index (χ0) is 20.8. The first kappa shape index (κ1) is 19.5. The Morgan fingerprint density at radius 3 is 2.52 bits per heavy atom. The Labute approximate surface area is 171 Å². The fourth-order valence-electron chi connectivity index (χ4n) is 3.74. The topological polar surface area (TPSA) is 89.6 Å². The van der Waals surface area contributed by atoms with Crippen molar-refractivity contribution >= 4 is 5.82 Å². The van der Waals surface area contributed by atoms with Gasteiger partial charge in [0.25, 0.3) is 5.89 Å². The predicted octanol–water partition coefficient (Wildman–Crippen LogP) is 4.65. The normalized spacial score (nSPS) is 18.3. The molecule has 0 fully saturated rings. The SMILES string of the molecule is Cc1noc(-c2ccc(N[C@H]3CC(C)(C)Cc4nc(C(C)(C)C)ncc43)nc2)n1. The highest BCUT2D eigenvalue weighted by molar-refractivity contribution is 5.54. The van der Waals surface area contributed by atoms with Gasteiger partial charge in [-0.2, -0.15) is 4.98 Å². The molecule has 0 saturated heterocycles. The van der Waals surface area contributed by atoms with E-state index in [1.54, 1.807) is 13.1 Å². The lowest BCUT2D eigenvalue weighted by Crippen LogP contribution is -2.32. The van der Waals surface area contributed by atoms with Gasteiger partial charge < -0.3 is 9.84 Å². The molecule has 7 heteroatoms. The van der Waals surface area contributed by atoms with Gasteiger partial charge in [0.15, 0.2) is 5.82 Å². The van der Waals surface area contributed by atoms with Crippen LogP contribution < -0.4 is 5.32 Å². The molecule has 1 N–H and O–H groups in total. The van der Waals surface area contributed by atoms with E-state index in [0.717, 1.165) is 41.3 Å². The van der Waals surface area contributed by atoms with Crippen molar-refractivity contribution in [2.45, 2.75) is 65.8 Å². The lowest BCUT2D eigenvalue weighted by Gasteiger charge is -2.37. The van der Waals surface area contributed by atoms with Gasteiger partial charge in [-0.3, -0.25) is 0 Å². The van der Waals surface area contributed by atoms with Crippen molar-refractivity contribution in [1.29, 1.82) is 0 Å². The maximum absolute atomic E-state index is 5.21. The zero-order valence-corrected chi connectivity index (χ0v) is 17.9. The molecule has 0 spiro atoms. The molecule has 152 valence electrons. The third-order valence-electron chi connectivity index (χ3n) is 5.21. The first-order valence-corrected chi connectivity index (χ1v) is 10.0. The number of hydrogen-bond donors (Lipinski definition) is 1. The molecule has 29 heavy (non-hydrogen) atoms. The number of nitrogens with one attached hydrogen (secondary N) is 1. The van der Waals surface area contributed by atoms with Crippen LogP contribution in [0.2, 0.25) is 0 Å². The highest BCUT2D eigenvalue weighted by Crippen LogP contribution is 2.41. The molecule has 0 bridgehead atoms. The Morgan fingerprint density at radius 2 is 1.90 bits per heavy atom. The summed E-state index contributed by atoms with van der Waals surface area (Å²) in [5, 5.41) is 7.41. The minimum Gasteiger partial charge on any atom is -0.363 e. The number of rotatable bonds is 3. The first-order valence-electron chi connectivity index (χ1n) is 10.0. The average Bonchev–Trinajstić information content (AvgIpc) is 3.06. The summed E-state index contributed by atoms with van der Waals surface area (Å²) in [5.74, 6) is 2.79. The largest absolute Gasteiger partial charge is 0.363 e. The second kappa shape index (κ2) is 6.90. The van der Waals surface area contributed by atoms with E-state index in [1.807, 2.05) is 18.3 Å². The fourth-order valence-corrected chi connectivity index (χ4v) is 3.74. The van der Waals surface area contributed by atoms with Gasteiger partial charge in [-0.25, -0.2) is 15.0 Å². The number of nitrogens with zero attached hydrogens (tertiary/aromatic N) is 5. The molecular formula is C22H28N6O. The van der Waals surface area contributed by atoms with E-state index in [4.69, 9.17) is 9.51 Å². The summed E-state index contributed by atoms with van der Waals surface area (Å²) < 4.78 is 5.21. The number of aromatic nitrogens is 5. The van der Waals surface area contributed by atoms with Gasteiger partial charge in [0.05, 0.1) is 11.6 Å². The fraction of sp³-hybridized carbons (Fsp3) is 0.500. The summed E-state index contributed by atoms with van der Waals surface area (Å²) in [6, 6.07) is 4.00. The lowest BCUT2D eigenvalue weighted by atomic mass is 9.74. The maximum Gasteiger partial charge on any atom is 0.259 e. The molecule has 1 aliphatic carbocycles. The van der Waals surface area contributed by atoms with Gasteiger partial charge in [0.1, 0.15) is 11.6 Å². The quantitative estimate of drug-likeness (QED) is 0.693. The smallest absolute Gasteiger partial charge is 0.259 e. The summed E-state index contributed by atoms with van der Waals surface area (Å²) >= 11 is 0. The minimum absolute atomic E-state index is 0.0654. The molecule has 3 heterocycles. The Morgan fingerprint density at radius 1 is 1.10 bits per heavy atom. The molecule has 1 atom stereocenters. The second-order valence-electron chi connectivity index (χ2n) is 9.67. The molecule has 4 rings (SSSR count). The Kier molecular flexibility index (Phi) is 4.63. The number of fused-ring (bicyclic) bond motifs is 1. The Bertz CT molecular complexity index is 1020. The van der Waals surface area contributed by atoms with Crippen LogP contribution in [0.25, 0.3) is 11.5 Å². The summed E-state index contributed by atoms with van der Waals surface area (Å²) in [4.78, 5) is 18.4. The van der Waals surface area contributed by atoms with Crippen molar-refractivity contribution < 1.29 is 4.52 Å². The van der Waals surface area contributed by atoms with Crippen molar-refractivity contribution in [3.05, 3.63) is 47.4 Å². The summed E-state index contributed by atoms with van der Waals surface area (Å²) in [6.45, 7) is 12.8. The van der Waals surface area contributed by atoms with Gasteiger partial charge in [-0.05, 0) is 37.3 Å². The van der Waals surface area contributed by atoms with Crippen LogP contribution in [-0.4, -0.2) is 25.1 Å². The van der Waals surface area contributed by atoms with E-state index < -0.39 is 0 Å². The van der Waals surface area contributed by atoms with E-state index in [2.05, 4.69) is 60.0 Å². The predicted molar refractivity (Wildman–Crippen MR) is 111 cm³/mol. The molecule has 0 aliphatic heterocycles. The van der Waals surface area contributed by atoms with Gasteiger partial charge in [0, 0.05) is 29.1 Å². The molecule has 1 aliphatic rings. The number of hydrogen-bond acceptors (Lipinski definition) is 7. The Hall–Kier alpha value is -2.83. The van der Waals surface area contributed by atoms with Crippen LogP contribution in [0.5, 0.6) is 0 Å². The van der Waals surface area contributed by atoms with Gasteiger partial charge in [-0.15, -0.1) is 0 Å². The molecule has 0 amide bonds. The number of anilines is 1. The van der Waals surface area contributed by atoms with Crippen molar-refractivity contribution in [3.63, 3.8) is 0 Å². The van der Waals surface area contributed by atoms with Crippen molar-refractivity contribution in [3.8, 4) is 11.5 Å². The third-order valence-corrected chi connectivity index (χ3v) is 5.21. The zero-order valence-electron chi connectivity index (χ0n) is 17.9. The van der Waals surface area contributed by atoms with E-state index in [1.165, 1.54) is 0 Å². The number of aryl methyl sites for hydroxylation is 1. The van der Waals surface area contributed by atoms with E-state index in [-0.39, 0.29) is 16.9 Å². The van der Waals surface area contributed by atoms with E-state index >= 15 is 0 Å². The molecule has 0 saturated carbocycles. The summed E-state index contributed by atoms with van der Waals surface area (Å²) in [7, 11) is 0. The average molecular weight is 393 g/mol. The first-order chi connectivity index (χ1) is 13.6. The molecule has 0 unspecified atom stereocenters. The summed E-state index contributed by atoms with van der Waals surface area (Å²) in [6.07, 6.45) is 5.69. The van der Waals surface area contributed by atoms with E-state index in [0.29, 0.717) is 11.7 Å². The van der Waals surface area contributed by atoms with Crippen molar-refractivity contribution in [1.82, 2.24) is 25.1 Å². The number of pyridine rings is 1. The van der Waals surface area contributed by atoms with Crippen LogP contribution in [0.15, 0.2) is 29.0 Å². The minimum atomic E-state index is -0.0654. The van der Waals surface area contributed by atoms with Crippen LogP contribution in [0.3, 0.4) is 0 Å². The molecule has 3 aromatic rings. The van der Waals surface area contributed by atoms with Gasteiger partial charge >= 0.3 is 0 Å². The summed E-state index contributed by atoms with van der Waals surface area (Å²) in [5.41, 5.74) is 3.19. The van der Waals surface area contributed by atoms with Gasteiger partial charge in [-0.1, -0.05) is 39.8 Å². The molecule has 7 nitrogen and oxygen atoms in total. The monoisotopic (exact) mass is 392 g/mol. The highest BCUT2D eigenvalue weighted by atomic mass is 16.5. The van der Waals surface area contributed by atoms with Crippen LogP contribution >= 0.6 is 0 Å². The molecule has 0 aromatic carbocycles. The van der Waals surface area contributed by atoms with E-state index in [9.17, 15) is 0 Å². The Balaban J connectivity index is 1.60. The molecule has 3 aromatic heterocycles. The maximum atomic E-state index is 5.21. The molecule has 0 radical (unpaired) electrons. The highest BCUT2D eigenvalue weighted by Gasteiger charge is 2.34. The van der Waals surface area contributed by atoms with Crippen molar-refractivity contribution in [2.75, 3.05) is 5.32 Å². The van der Waals surface area contributed by atoms with Gasteiger partial charge in [0.2, 0.25) is 0 Å².